The molecule has 3 rings (SSSR count). The molecule has 9 nitrogen and oxygen atoms in total. The predicted octanol–water partition coefficient (Wildman–Crippen LogP) is -1.00. The van der Waals surface area contributed by atoms with E-state index in [9.17, 15) is 19.2 Å². The SMILES string of the molecule is CCOC(=O)C1(C(N)=O)N=C(C(=O)N2CCSC2)SC1C(=O)C1CCNC1. The summed E-state index contributed by atoms with van der Waals surface area (Å²) >= 11 is 2.46. The first-order valence-electron chi connectivity index (χ1n) is 8.77. The minimum atomic E-state index is -2.20. The molecule has 0 spiro atoms. The van der Waals surface area contributed by atoms with Gasteiger partial charge in [-0.3, -0.25) is 14.4 Å². The van der Waals surface area contributed by atoms with Gasteiger partial charge in [0.2, 0.25) is 0 Å². The zero-order valence-corrected chi connectivity index (χ0v) is 16.6. The zero-order chi connectivity index (χ0) is 19.6. The van der Waals surface area contributed by atoms with Crippen molar-refractivity contribution in [2.24, 2.45) is 16.6 Å². The van der Waals surface area contributed by atoms with Crippen LogP contribution in [0.2, 0.25) is 0 Å². The number of nitrogens with two attached hydrogens (primary N) is 1. The minimum Gasteiger partial charge on any atom is -0.464 e. The van der Waals surface area contributed by atoms with Crippen LogP contribution in [0.5, 0.6) is 0 Å². The number of Topliss-reactive ketones (excluding diaryl/α,β-unsaturated/α-hetero) is 1. The third kappa shape index (κ3) is 3.59. The second-order valence-electron chi connectivity index (χ2n) is 6.46. The average molecular weight is 415 g/mol. The second kappa shape index (κ2) is 8.19. The van der Waals surface area contributed by atoms with E-state index >= 15 is 0 Å². The maximum absolute atomic E-state index is 13.1. The van der Waals surface area contributed by atoms with Crippen molar-refractivity contribution in [1.29, 1.82) is 0 Å². The molecule has 3 N–H and O–H groups in total. The van der Waals surface area contributed by atoms with E-state index in [1.165, 1.54) is 0 Å². The van der Waals surface area contributed by atoms with Crippen LogP contribution in [-0.2, 0) is 23.9 Å². The Bertz CT molecular complexity index is 688. The van der Waals surface area contributed by atoms with Gasteiger partial charge in [0.25, 0.3) is 17.4 Å². The molecular weight excluding hydrogens is 392 g/mol. The molecule has 0 saturated carbocycles. The van der Waals surface area contributed by atoms with E-state index in [2.05, 4.69) is 10.3 Å². The van der Waals surface area contributed by atoms with Gasteiger partial charge in [0.1, 0.15) is 5.25 Å². The van der Waals surface area contributed by atoms with Gasteiger partial charge in [-0.1, -0.05) is 11.8 Å². The smallest absolute Gasteiger partial charge is 0.345 e. The summed E-state index contributed by atoms with van der Waals surface area (Å²) < 4.78 is 5.03. The number of carbonyl (C=O) groups excluding carboxylic acids is 4. The molecule has 27 heavy (non-hydrogen) atoms. The van der Waals surface area contributed by atoms with E-state index in [4.69, 9.17) is 10.5 Å². The summed E-state index contributed by atoms with van der Waals surface area (Å²) in [6.45, 7) is 3.28. The van der Waals surface area contributed by atoms with Crippen LogP contribution in [0.15, 0.2) is 4.99 Å². The quantitative estimate of drug-likeness (QED) is 0.418. The van der Waals surface area contributed by atoms with Crippen LogP contribution in [0, 0.1) is 5.92 Å². The lowest BCUT2D eigenvalue weighted by atomic mass is 9.86. The lowest BCUT2D eigenvalue weighted by Crippen LogP contribution is -2.58. The largest absolute Gasteiger partial charge is 0.464 e. The van der Waals surface area contributed by atoms with E-state index in [1.54, 1.807) is 23.6 Å². The Morgan fingerprint density at radius 2 is 2.19 bits per heavy atom. The van der Waals surface area contributed by atoms with Crippen LogP contribution < -0.4 is 11.1 Å². The molecule has 0 aromatic rings. The summed E-state index contributed by atoms with van der Waals surface area (Å²) in [6, 6.07) is 0. The third-order valence-corrected chi connectivity index (χ3v) is 7.06. The number of esters is 1. The number of ether oxygens (including phenoxy) is 1. The van der Waals surface area contributed by atoms with Gasteiger partial charge in [-0.25, -0.2) is 9.79 Å². The van der Waals surface area contributed by atoms with Crippen molar-refractivity contribution in [3.8, 4) is 0 Å². The molecule has 3 unspecified atom stereocenters. The number of thioether (sulfide) groups is 2. The first-order chi connectivity index (χ1) is 12.9. The number of rotatable bonds is 6. The summed E-state index contributed by atoms with van der Waals surface area (Å²) in [5.74, 6) is -1.79. The van der Waals surface area contributed by atoms with E-state index in [1.807, 2.05) is 0 Å². The highest BCUT2D eigenvalue weighted by Crippen LogP contribution is 2.40. The van der Waals surface area contributed by atoms with E-state index in [-0.39, 0.29) is 29.3 Å². The summed E-state index contributed by atoms with van der Waals surface area (Å²) in [6.07, 6.45) is 0.597. The van der Waals surface area contributed by atoms with Gasteiger partial charge in [-0.15, -0.1) is 11.8 Å². The molecule has 0 bridgehead atoms. The van der Waals surface area contributed by atoms with Crippen LogP contribution >= 0.6 is 23.5 Å². The fourth-order valence-electron chi connectivity index (χ4n) is 3.30. The number of primary amides is 1. The standard InChI is InChI=1S/C16H22N4O5S2/c1-2-25-15(24)16(14(17)23)11(10(21)9-3-4-18-7-9)27-12(19-16)13(22)20-5-6-26-8-20/h9,11,18H,2-8H2,1H3,(H2,17,23). The number of nitrogens with one attached hydrogen (secondary N) is 1. The number of carbonyl (C=O) groups is 4. The molecule has 148 valence electrons. The molecule has 3 atom stereocenters. The Morgan fingerprint density at radius 3 is 2.74 bits per heavy atom. The first kappa shape index (κ1) is 20.2. The minimum absolute atomic E-state index is 0.00594. The highest BCUT2D eigenvalue weighted by Gasteiger charge is 2.62. The van der Waals surface area contributed by atoms with Crippen molar-refractivity contribution in [2.75, 3.05) is 37.9 Å². The van der Waals surface area contributed by atoms with Crippen molar-refractivity contribution in [1.82, 2.24) is 10.2 Å². The van der Waals surface area contributed by atoms with Crippen molar-refractivity contribution in [2.45, 2.75) is 24.1 Å². The van der Waals surface area contributed by atoms with Crippen LogP contribution in [0.1, 0.15) is 13.3 Å². The Labute approximate surface area is 165 Å². The molecule has 0 aliphatic carbocycles. The van der Waals surface area contributed by atoms with Crippen molar-refractivity contribution in [3.05, 3.63) is 0 Å². The highest BCUT2D eigenvalue weighted by molar-refractivity contribution is 8.17. The number of amides is 2. The van der Waals surface area contributed by atoms with Gasteiger partial charge in [0, 0.05) is 24.8 Å². The van der Waals surface area contributed by atoms with Crippen molar-refractivity contribution in [3.63, 3.8) is 0 Å². The number of hydrogen-bond donors (Lipinski definition) is 2. The molecule has 0 aromatic heterocycles. The molecular formula is C16H22N4O5S2. The molecule has 0 radical (unpaired) electrons. The van der Waals surface area contributed by atoms with Gasteiger partial charge >= 0.3 is 5.97 Å². The Balaban J connectivity index is 1.97. The molecule has 3 heterocycles. The lowest BCUT2D eigenvalue weighted by molar-refractivity contribution is -0.154. The number of hydrogen-bond acceptors (Lipinski definition) is 9. The molecule has 3 aliphatic rings. The molecule has 11 heteroatoms. The van der Waals surface area contributed by atoms with Crippen LogP contribution in [0.3, 0.4) is 0 Å². The topological polar surface area (TPSA) is 131 Å². The highest BCUT2D eigenvalue weighted by atomic mass is 32.2. The van der Waals surface area contributed by atoms with Crippen LogP contribution in [-0.4, -0.2) is 82.2 Å². The van der Waals surface area contributed by atoms with E-state index < -0.39 is 22.7 Å². The van der Waals surface area contributed by atoms with E-state index in [0.717, 1.165) is 17.5 Å². The summed E-state index contributed by atoms with van der Waals surface area (Å²) in [5, 5.41) is 1.87. The maximum atomic E-state index is 13.1. The fourth-order valence-corrected chi connectivity index (χ4v) is 5.64. The Hall–Kier alpha value is -1.59. The maximum Gasteiger partial charge on any atom is 0.345 e. The summed E-state index contributed by atoms with van der Waals surface area (Å²) in [5.41, 5.74) is 3.35. The summed E-state index contributed by atoms with van der Waals surface area (Å²) in [4.78, 5) is 56.6. The Kier molecular flexibility index (Phi) is 6.11. The number of nitrogens with zero attached hydrogens (tertiary/aromatic N) is 2. The monoisotopic (exact) mass is 414 g/mol. The van der Waals surface area contributed by atoms with Crippen LogP contribution in [0.25, 0.3) is 0 Å². The molecule has 2 fully saturated rings. The molecule has 2 amide bonds. The van der Waals surface area contributed by atoms with Gasteiger partial charge in [-0.05, 0) is 19.9 Å². The number of ketones is 1. The van der Waals surface area contributed by atoms with E-state index in [0.29, 0.717) is 31.9 Å². The third-order valence-electron chi connectivity index (χ3n) is 4.79. The average Bonchev–Trinajstić information content (AvgIpc) is 3.41. The van der Waals surface area contributed by atoms with Crippen molar-refractivity contribution < 1.29 is 23.9 Å². The molecule has 3 aliphatic heterocycles. The molecule has 2 saturated heterocycles. The van der Waals surface area contributed by atoms with Gasteiger partial charge in [-0.2, -0.15) is 0 Å². The zero-order valence-electron chi connectivity index (χ0n) is 14.9. The number of aliphatic imine (C=N–C) groups is 1. The summed E-state index contributed by atoms with van der Waals surface area (Å²) in [7, 11) is 0. The second-order valence-corrected chi connectivity index (χ2v) is 8.63. The fraction of sp³-hybridized carbons (Fsp3) is 0.688. The Morgan fingerprint density at radius 1 is 1.41 bits per heavy atom. The normalized spacial score (nSPS) is 30.3. The lowest BCUT2D eigenvalue weighted by Gasteiger charge is -2.27. The first-order valence-corrected chi connectivity index (χ1v) is 10.8. The predicted molar refractivity (Wildman–Crippen MR) is 102 cm³/mol. The van der Waals surface area contributed by atoms with Gasteiger partial charge in [0.05, 0.1) is 12.5 Å². The van der Waals surface area contributed by atoms with Gasteiger partial charge in [0.15, 0.2) is 10.8 Å². The van der Waals surface area contributed by atoms with Crippen LogP contribution in [0.4, 0.5) is 0 Å². The van der Waals surface area contributed by atoms with Gasteiger partial charge < -0.3 is 20.7 Å². The molecule has 0 aromatic carbocycles. The van der Waals surface area contributed by atoms with Crippen molar-refractivity contribution >= 4 is 52.1 Å².